The molecule has 28 heavy (non-hydrogen) atoms. The largest absolute Gasteiger partial charge is 0.355 e. The van der Waals surface area contributed by atoms with Gasteiger partial charge in [0.05, 0.1) is 31.9 Å². The van der Waals surface area contributed by atoms with Gasteiger partial charge in [0, 0.05) is 6.54 Å². The van der Waals surface area contributed by atoms with Gasteiger partial charge in [-0.25, -0.2) is 4.98 Å². The molecule has 1 aromatic heterocycles. The van der Waals surface area contributed by atoms with Gasteiger partial charge in [-0.15, -0.1) is 0 Å². The molecule has 0 unspecified atom stereocenters. The Morgan fingerprint density at radius 3 is 2.68 bits per heavy atom. The molecule has 146 valence electrons. The smallest absolute Gasteiger partial charge is 0.266 e. The minimum atomic E-state index is -0.423. The number of amides is 1. The number of carbonyl (C=O) groups excluding carboxylic acids is 1. The van der Waals surface area contributed by atoms with Gasteiger partial charge in [-0.05, 0) is 43.7 Å². The second-order valence-corrected chi connectivity index (χ2v) is 8.32. The van der Waals surface area contributed by atoms with Crippen LogP contribution in [-0.2, 0) is 4.79 Å². The maximum Gasteiger partial charge on any atom is 0.266 e. The van der Waals surface area contributed by atoms with E-state index < -0.39 is 5.25 Å². The molecular weight excluding hydrogens is 417 g/mol. The molecule has 3 aromatic rings. The van der Waals surface area contributed by atoms with Gasteiger partial charge in [0.2, 0.25) is 5.91 Å². The fraction of sp³-hybridized carbons (Fsp3) is 0.250. The van der Waals surface area contributed by atoms with Crippen LogP contribution in [0, 0.1) is 0 Å². The van der Waals surface area contributed by atoms with Crippen LogP contribution in [0.1, 0.15) is 20.3 Å². The average molecular weight is 436 g/mol. The van der Waals surface area contributed by atoms with Crippen LogP contribution in [0.5, 0.6) is 0 Å². The number of fused-ring (bicyclic) bond motifs is 1. The van der Waals surface area contributed by atoms with Crippen LogP contribution < -0.4 is 10.9 Å². The predicted octanol–water partition coefficient (Wildman–Crippen LogP) is 4.70. The lowest BCUT2D eigenvalue weighted by Crippen LogP contribution is -2.32. The first-order chi connectivity index (χ1) is 13.4. The summed E-state index contributed by atoms with van der Waals surface area (Å²) < 4.78 is 1.47. The first kappa shape index (κ1) is 20.7. The van der Waals surface area contributed by atoms with Crippen molar-refractivity contribution in [2.24, 2.45) is 0 Å². The standard InChI is InChI=1S/C20H19Cl2N3O2S/c1-3-10-23-18(26)12(2)28-20-24-17-7-5-4-6-14(17)19(27)25(20)13-8-9-15(21)16(22)11-13/h4-9,11-12H,3,10H2,1-2H3,(H,23,26)/t12-/m1/s1. The first-order valence-electron chi connectivity index (χ1n) is 8.84. The molecule has 0 radical (unpaired) electrons. The molecule has 0 fully saturated rings. The molecule has 0 spiro atoms. The topological polar surface area (TPSA) is 64.0 Å². The van der Waals surface area contributed by atoms with Crippen LogP contribution >= 0.6 is 35.0 Å². The minimum absolute atomic E-state index is 0.102. The van der Waals surface area contributed by atoms with E-state index in [1.165, 1.54) is 16.3 Å². The zero-order valence-electron chi connectivity index (χ0n) is 15.4. The summed E-state index contributed by atoms with van der Waals surface area (Å²) in [6.07, 6.45) is 0.853. The van der Waals surface area contributed by atoms with Gasteiger partial charge in [0.15, 0.2) is 5.16 Å². The maximum absolute atomic E-state index is 13.2. The van der Waals surface area contributed by atoms with Gasteiger partial charge in [0.1, 0.15) is 0 Å². The Morgan fingerprint density at radius 2 is 1.96 bits per heavy atom. The van der Waals surface area contributed by atoms with Crippen LogP contribution in [0.25, 0.3) is 16.6 Å². The number of nitrogens with one attached hydrogen (secondary N) is 1. The number of thioether (sulfide) groups is 1. The van der Waals surface area contributed by atoms with E-state index in [9.17, 15) is 9.59 Å². The number of nitrogens with zero attached hydrogens (tertiary/aromatic N) is 2. The van der Waals surface area contributed by atoms with Crippen LogP contribution in [0.4, 0.5) is 0 Å². The first-order valence-corrected chi connectivity index (χ1v) is 10.5. The molecule has 0 saturated carbocycles. The molecule has 5 nitrogen and oxygen atoms in total. The maximum atomic E-state index is 13.2. The average Bonchev–Trinajstić information content (AvgIpc) is 2.68. The lowest BCUT2D eigenvalue weighted by atomic mass is 10.2. The van der Waals surface area contributed by atoms with Gasteiger partial charge >= 0.3 is 0 Å². The quantitative estimate of drug-likeness (QED) is 0.450. The van der Waals surface area contributed by atoms with E-state index in [1.54, 1.807) is 43.3 Å². The number of aromatic nitrogens is 2. The van der Waals surface area contributed by atoms with Crippen molar-refractivity contribution in [3.63, 3.8) is 0 Å². The molecule has 8 heteroatoms. The summed E-state index contributed by atoms with van der Waals surface area (Å²) in [4.78, 5) is 30.2. The van der Waals surface area contributed by atoms with Gasteiger partial charge in [-0.3, -0.25) is 14.2 Å². The second-order valence-electron chi connectivity index (χ2n) is 6.20. The van der Waals surface area contributed by atoms with Crippen molar-refractivity contribution >= 4 is 51.8 Å². The number of benzene rings is 2. The normalized spacial score (nSPS) is 12.1. The molecule has 0 bridgehead atoms. The number of carbonyl (C=O) groups is 1. The minimum Gasteiger partial charge on any atom is -0.355 e. The summed E-state index contributed by atoms with van der Waals surface area (Å²) in [6, 6.07) is 12.1. The number of hydrogen-bond acceptors (Lipinski definition) is 4. The number of rotatable bonds is 6. The van der Waals surface area contributed by atoms with Crippen molar-refractivity contribution in [1.82, 2.24) is 14.9 Å². The van der Waals surface area contributed by atoms with Gasteiger partial charge in [0.25, 0.3) is 5.56 Å². The van der Waals surface area contributed by atoms with E-state index in [0.29, 0.717) is 38.3 Å². The fourth-order valence-corrected chi connectivity index (χ4v) is 3.89. The monoisotopic (exact) mass is 435 g/mol. The summed E-state index contributed by atoms with van der Waals surface area (Å²) in [5.74, 6) is -0.102. The van der Waals surface area contributed by atoms with Crippen molar-refractivity contribution < 1.29 is 4.79 Å². The lowest BCUT2D eigenvalue weighted by molar-refractivity contribution is -0.120. The highest BCUT2D eigenvalue weighted by molar-refractivity contribution is 8.00. The zero-order valence-corrected chi connectivity index (χ0v) is 17.7. The Hall–Kier alpha value is -2.02. The molecule has 0 aliphatic rings. The lowest BCUT2D eigenvalue weighted by Gasteiger charge is -2.16. The zero-order chi connectivity index (χ0) is 20.3. The Kier molecular flexibility index (Phi) is 6.65. The van der Waals surface area contributed by atoms with Gasteiger partial charge < -0.3 is 5.32 Å². The molecule has 1 amide bonds. The third-order valence-corrected chi connectivity index (χ3v) is 5.90. The van der Waals surface area contributed by atoms with Crippen LogP contribution in [-0.4, -0.2) is 27.3 Å². The summed E-state index contributed by atoms with van der Waals surface area (Å²) >= 11 is 13.4. The molecular formula is C20H19Cl2N3O2S. The SMILES string of the molecule is CCCNC(=O)[C@@H](C)Sc1nc2ccccc2c(=O)n1-c1ccc(Cl)c(Cl)c1. The van der Waals surface area contributed by atoms with E-state index in [4.69, 9.17) is 23.2 Å². The number of para-hydroxylation sites is 1. The molecule has 3 rings (SSSR count). The van der Waals surface area contributed by atoms with E-state index in [2.05, 4.69) is 10.3 Å². The third-order valence-electron chi connectivity index (χ3n) is 4.11. The highest BCUT2D eigenvalue weighted by atomic mass is 35.5. The highest BCUT2D eigenvalue weighted by Crippen LogP contribution is 2.28. The van der Waals surface area contributed by atoms with E-state index in [1.807, 2.05) is 13.0 Å². The molecule has 0 aliphatic heterocycles. The Balaban J connectivity index is 2.13. The highest BCUT2D eigenvalue weighted by Gasteiger charge is 2.20. The van der Waals surface area contributed by atoms with Crippen molar-refractivity contribution in [1.29, 1.82) is 0 Å². The molecule has 1 N–H and O–H groups in total. The van der Waals surface area contributed by atoms with Gasteiger partial charge in [-0.2, -0.15) is 0 Å². The van der Waals surface area contributed by atoms with Crippen LogP contribution in [0.2, 0.25) is 10.0 Å². The van der Waals surface area contributed by atoms with E-state index in [-0.39, 0.29) is 11.5 Å². The summed E-state index contributed by atoms with van der Waals surface area (Å²) in [5.41, 5.74) is 0.890. The molecule has 1 heterocycles. The molecule has 0 saturated heterocycles. The summed E-state index contributed by atoms with van der Waals surface area (Å²) in [7, 11) is 0. The fourth-order valence-electron chi connectivity index (χ4n) is 2.65. The summed E-state index contributed by atoms with van der Waals surface area (Å²) in [5, 5.41) is 4.08. The number of halogens is 2. The predicted molar refractivity (Wildman–Crippen MR) is 116 cm³/mol. The Labute approximate surface area is 177 Å². The summed E-state index contributed by atoms with van der Waals surface area (Å²) in [6.45, 7) is 4.38. The van der Waals surface area contributed by atoms with Crippen LogP contribution in [0.15, 0.2) is 52.4 Å². The Bertz CT molecular complexity index is 1080. The van der Waals surface area contributed by atoms with E-state index >= 15 is 0 Å². The van der Waals surface area contributed by atoms with Crippen molar-refractivity contribution in [2.75, 3.05) is 6.54 Å². The van der Waals surface area contributed by atoms with Crippen molar-refractivity contribution in [3.05, 3.63) is 62.9 Å². The van der Waals surface area contributed by atoms with Gasteiger partial charge in [-0.1, -0.05) is 54.0 Å². The number of hydrogen-bond donors (Lipinski definition) is 1. The van der Waals surface area contributed by atoms with E-state index in [0.717, 1.165) is 6.42 Å². The molecule has 2 aromatic carbocycles. The third kappa shape index (κ3) is 4.35. The van der Waals surface area contributed by atoms with Crippen LogP contribution in [0.3, 0.4) is 0 Å². The van der Waals surface area contributed by atoms with Crippen molar-refractivity contribution in [2.45, 2.75) is 30.7 Å². The second kappa shape index (κ2) is 8.99. The molecule has 1 atom stereocenters. The van der Waals surface area contributed by atoms with Crippen molar-refractivity contribution in [3.8, 4) is 5.69 Å². The Morgan fingerprint density at radius 1 is 1.21 bits per heavy atom. The molecule has 0 aliphatic carbocycles.